The van der Waals surface area contributed by atoms with Gasteiger partial charge in [0, 0.05) is 5.88 Å². The van der Waals surface area contributed by atoms with E-state index in [1.54, 1.807) is 12.1 Å². The summed E-state index contributed by atoms with van der Waals surface area (Å²) in [7, 11) is 0. The third-order valence-corrected chi connectivity index (χ3v) is 3.06. The Morgan fingerprint density at radius 1 is 1.19 bits per heavy atom. The van der Waals surface area contributed by atoms with E-state index in [2.05, 4.69) is 15.9 Å². The second kappa shape index (κ2) is 7.91. The first-order chi connectivity index (χ1) is 7.74. The van der Waals surface area contributed by atoms with Gasteiger partial charge in [-0.3, -0.25) is 0 Å². The molecule has 0 fully saturated rings. The number of alkyl halides is 1. The van der Waals surface area contributed by atoms with Crippen LogP contribution in [0.1, 0.15) is 25.7 Å². The van der Waals surface area contributed by atoms with Crippen molar-refractivity contribution in [3.8, 4) is 5.75 Å². The van der Waals surface area contributed by atoms with E-state index in [9.17, 15) is 4.39 Å². The first-order valence-electron chi connectivity index (χ1n) is 5.38. The normalized spacial score (nSPS) is 10.4. The van der Waals surface area contributed by atoms with Crippen molar-refractivity contribution >= 4 is 27.5 Å². The van der Waals surface area contributed by atoms with Crippen LogP contribution >= 0.6 is 27.5 Å². The van der Waals surface area contributed by atoms with E-state index in [1.807, 2.05) is 0 Å². The summed E-state index contributed by atoms with van der Waals surface area (Å²) in [6, 6.07) is 4.68. The molecule has 1 rings (SSSR count). The highest BCUT2D eigenvalue weighted by Gasteiger charge is 2.00. The number of benzene rings is 1. The van der Waals surface area contributed by atoms with Crippen LogP contribution in [0.3, 0.4) is 0 Å². The van der Waals surface area contributed by atoms with Crippen LogP contribution in [0, 0.1) is 5.82 Å². The largest absolute Gasteiger partial charge is 0.494 e. The molecule has 0 unspecified atom stereocenters. The van der Waals surface area contributed by atoms with Crippen molar-refractivity contribution in [1.29, 1.82) is 0 Å². The second-order valence-electron chi connectivity index (χ2n) is 3.53. The molecule has 0 amide bonds. The molecular formula is C12H15BrClFO. The van der Waals surface area contributed by atoms with Gasteiger partial charge in [0.1, 0.15) is 11.6 Å². The topological polar surface area (TPSA) is 9.23 Å². The quantitative estimate of drug-likeness (QED) is 0.521. The predicted molar refractivity (Wildman–Crippen MR) is 68.8 cm³/mol. The van der Waals surface area contributed by atoms with Gasteiger partial charge in [0.2, 0.25) is 0 Å². The van der Waals surface area contributed by atoms with Crippen LogP contribution in [-0.4, -0.2) is 12.5 Å². The number of unbranched alkanes of at least 4 members (excludes halogenated alkanes) is 3. The van der Waals surface area contributed by atoms with E-state index in [0.29, 0.717) is 16.8 Å². The van der Waals surface area contributed by atoms with Crippen LogP contribution in [0.2, 0.25) is 0 Å². The molecule has 0 aliphatic rings. The second-order valence-corrected chi connectivity index (χ2v) is 4.76. The minimum atomic E-state index is -0.269. The lowest BCUT2D eigenvalue weighted by Gasteiger charge is -2.06. The molecule has 0 bridgehead atoms. The maximum atomic E-state index is 12.9. The summed E-state index contributed by atoms with van der Waals surface area (Å²) < 4.78 is 18.8. The molecule has 0 atom stereocenters. The number of hydrogen-bond donors (Lipinski definition) is 0. The highest BCUT2D eigenvalue weighted by molar-refractivity contribution is 9.10. The predicted octanol–water partition coefficient (Wildman–Crippen LogP) is 4.77. The lowest BCUT2D eigenvalue weighted by molar-refractivity contribution is 0.304. The molecule has 0 saturated heterocycles. The van der Waals surface area contributed by atoms with Gasteiger partial charge in [-0.1, -0.05) is 12.8 Å². The lowest BCUT2D eigenvalue weighted by Crippen LogP contribution is -1.97. The molecule has 1 nitrogen and oxygen atoms in total. The van der Waals surface area contributed by atoms with Gasteiger partial charge in [-0.2, -0.15) is 0 Å². The van der Waals surface area contributed by atoms with E-state index in [-0.39, 0.29) is 5.82 Å². The van der Waals surface area contributed by atoms with Crippen molar-refractivity contribution < 1.29 is 9.13 Å². The van der Waals surface area contributed by atoms with Gasteiger partial charge in [0.05, 0.1) is 11.1 Å². The Morgan fingerprint density at radius 3 is 2.62 bits per heavy atom. The van der Waals surface area contributed by atoms with Gasteiger partial charge in [-0.05, 0) is 47.0 Å². The number of halogens is 3. The van der Waals surface area contributed by atoms with Crippen molar-refractivity contribution in [3.63, 3.8) is 0 Å². The van der Waals surface area contributed by atoms with Crippen molar-refractivity contribution in [3.05, 3.63) is 28.5 Å². The molecule has 0 aromatic heterocycles. The smallest absolute Gasteiger partial charge is 0.137 e. The third-order valence-electron chi connectivity index (χ3n) is 2.19. The third kappa shape index (κ3) is 5.17. The molecule has 0 radical (unpaired) electrons. The first-order valence-corrected chi connectivity index (χ1v) is 6.70. The van der Waals surface area contributed by atoms with Crippen LogP contribution in [0.15, 0.2) is 22.7 Å². The molecule has 1 aromatic carbocycles. The molecule has 0 aliphatic carbocycles. The molecule has 0 spiro atoms. The summed E-state index contributed by atoms with van der Waals surface area (Å²) in [6.07, 6.45) is 4.32. The Hall–Kier alpha value is -0.280. The zero-order valence-electron chi connectivity index (χ0n) is 9.02. The lowest BCUT2D eigenvalue weighted by atomic mass is 10.2. The maximum Gasteiger partial charge on any atom is 0.137 e. The summed E-state index contributed by atoms with van der Waals surface area (Å²) in [5, 5.41) is 0. The first kappa shape index (κ1) is 13.8. The zero-order valence-corrected chi connectivity index (χ0v) is 11.4. The van der Waals surface area contributed by atoms with Crippen molar-refractivity contribution in [2.24, 2.45) is 0 Å². The minimum absolute atomic E-state index is 0.269. The Bertz CT molecular complexity index is 320. The average molecular weight is 310 g/mol. The van der Waals surface area contributed by atoms with Crippen LogP contribution < -0.4 is 4.74 Å². The maximum absolute atomic E-state index is 12.9. The van der Waals surface area contributed by atoms with Gasteiger partial charge in [-0.25, -0.2) is 4.39 Å². The van der Waals surface area contributed by atoms with E-state index >= 15 is 0 Å². The van der Waals surface area contributed by atoms with E-state index in [0.717, 1.165) is 31.6 Å². The Kier molecular flexibility index (Phi) is 6.81. The molecule has 0 N–H and O–H groups in total. The fourth-order valence-corrected chi connectivity index (χ4v) is 1.85. The molecule has 4 heteroatoms. The molecule has 90 valence electrons. The van der Waals surface area contributed by atoms with Crippen LogP contribution in [0.4, 0.5) is 4.39 Å². The molecule has 1 aromatic rings. The van der Waals surface area contributed by atoms with E-state index in [1.165, 1.54) is 6.07 Å². The van der Waals surface area contributed by atoms with Gasteiger partial charge < -0.3 is 4.74 Å². The monoisotopic (exact) mass is 308 g/mol. The molecule has 16 heavy (non-hydrogen) atoms. The fraction of sp³-hybridized carbons (Fsp3) is 0.500. The highest BCUT2D eigenvalue weighted by atomic mass is 79.9. The summed E-state index contributed by atoms with van der Waals surface area (Å²) in [6.45, 7) is 0.667. The van der Waals surface area contributed by atoms with Gasteiger partial charge in [0.15, 0.2) is 0 Å². The fourth-order valence-electron chi connectivity index (χ4n) is 1.31. The molecule has 0 saturated carbocycles. The summed E-state index contributed by atoms with van der Waals surface area (Å²) in [4.78, 5) is 0. The van der Waals surface area contributed by atoms with E-state index < -0.39 is 0 Å². The summed E-state index contributed by atoms with van der Waals surface area (Å²) in [5.74, 6) is 1.16. The molecule has 0 heterocycles. The zero-order chi connectivity index (χ0) is 11.8. The number of rotatable bonds is 7. The Labute approximate surface area is 109 Å². The number of ether oxygens (including phenoxy) is 1. The van der Waals surface area contributed by atoms with Crippen molar-refractivity contribution in [1.82, 2.24) is 0 Å². The van der Waals surface area contributed by atoms with Crippen LogP contribution in [0.5, 0.6) is 5.75 Å². The van der Waals surface area contributed by atoms with Crippen molar-refractivity contribution in [2.45, 2.75) is 25.7 Å². The molecule has 0 aliphatic heterocycles. The summed E-state index contributed by atoms with van der Waals surface area (Å²) in [5.41, 5.74) is 0. The Balaban J connectivity index is 2.19. The van der Waals surface area contributed by atoms with Crippen LogP contribution in [-0.2, 0) is 0 Å². The van der Waals surface area contributed by atoms with Gasteiger partial charge >= 0.3 is 0 Å². The van der Waals surface area contributed by atoms with E-state index in [4.69, 9.17) is 16.3 Å². The SMILES string of the molecule is Fc1ccc(OCCCCCCCl)cc1Br. The van der Waals surface area contributed by atoms with Crippen molar-refractivity contribution in [2.75, 3.05) is 12.5 Å². The Morgan fingerprint density at radius 2 is 1.94 bits per heavy atom. The summed E-state index contributed by atoms with van der Waals surface area (Å²) >= 11 is 8.69. The van der Waals surface area contributed by atoms with Gasteiger partial charge in [-0.15, -0.1) is 11.6 Å². The standard InChI is InChI=1S/C12H15BrClFO/c13-11-9-10(5-6-12(11)15)16-8-4-2-1-3-7-14/h5-6,9H,1-4,7-8H2. The number of hydrogen-bond acceptors (Lipinski definition) is 1. The minimum Gasteiger partial charge on any atom is -0.494 e. The molecular weight excluding hydrogens is 294 g/mol. The van der Waals surface area contributed by atoms with Crippen LogP contribution in [0.25, 0.3) is 0 Å². The highest BCUT2D eigenvalue weighted by Crippen LogP contribution is 2.21. The average Bonchev–Trinajstić information content (AvgIpc) is 2.28. The van der Waals surface area contributed by atoms with Gasteiger partial charge in [0.25, 0.3) is 0 Å².